The molecule has 0 saturated heterocycles. The van der Waals surface area contributed by atoms with Gasteiger partial charge < -0.3 is 24.2 Å². The van der Waals surface area contributed by atoms with Crippen molar-refractivity contribution >= 4 is 17.9 Å². The summed E-state index contributed by atoms with van der Waals surface area (Å²) in [6.07, 6.45) is 9.62. The second-order valence-electron chi connectivity index (χ2n) is 7.20. The number of rotatable bonds is 14. The molecule has 0 aromatic rings. The molecule has 0 heterocycles. The number of likely N-dealkylation sites (N-methyl/N-ethyl adjacent to an activating group) is 1. The monoisotopic (exact) mass is 369 g/mol. The van der Waals surface area contributed by atoms with Gasteiger partial charge in [0.25, 0.3) is 0 Å². The minimum Gasteiger partial charge on any atom is -0.550 e. The maximum atomic E-state index is 11.9. The highest BCUT2D eigenvalue weighted by molar-refractivity contribution is 5.70. The highest BCUT2D eigenvalue weighted by atomic mass is 16.5. The molecule has 7 nitrogen and oxygen atoms in total. The van der Waals surface area contributed by atoms with Crippen molar-refractivity contribution in [2.75, 3.05) is 27.7 Å². The summed E-state index contributed by atoms with van der Waals surface area (Å²) in [4.78, 5) is 33.0. The molecule has 7 heteroatoms. The molecule has 0 aliphatic carbocycles. The number of carboxylic acid groups (broad SMARTS) is 2. The van der Waals surface area contributed by atoms with Gasteiger partial charge in [-0.1, -0.05) is 24.3 Å². The first-order valence-corrected chi connectivity index (χ1v) is 8.83. The van der Waals surface area contributed by atoms with Crippen LogP contribution in [0.4, 0.5) is 0 Å². The van der Waals surface area contributed by atoms with Gasteiger partial charge in [-0.15, -0.1) is 0 Å². The average Bonchev–Trinajstić information content (AvgIpc) is 2.46. The van der Waals surface area contributed by atoms with E-state index in [1.54, 1.807) is 6.08 Å². The highest BCUT2D eigenvalue weighted by Gasteiger charge is 2.22. The number of ether oxygens (including phenoxy) is 1. The molecular formula is C19H31NO6. The van der Waals surface area contributed by atoms with E-state index in [1.807, 2.05) is 39.4 Å². The third-order valence-corrected chi connectivity index (χ3v) is 3.35. The van der Waals surface area contributed by atoms with Crippen LogP contribution in [0.5, 0.6) is 0 Å². The van der Waals surface area contributed by atoms with Crippen molar-refractivity contribution in [3.05, 3.63) is 24.3 Å². The standard InChI is InChI=1S/C19H31NO6/c1-20(2,3)15-16(14-18(23)24)26-19(25)13-11-9-7-5-4-6-8-10-12-17(21)22/h4-6,8,16H,7,9-15H2,1-3H3,(H-,21,22,23,24)/b5-4+,8-6+. The van der Waals surface area contributed by atoms with Crippen molar-refractivity contribution in [2.24, 2.45) is 0 Å². The fourth-order valence-electron chi connectivity index (χ4n) is 2.27. The van der Waals surface area contributed by atoms with Crippen molar-refractivity contribution in [1.82, 2.24) is 0 Å². The summed E-state index contributed by atoms with van der Waals surface area (Å²) in [5.41, 5.74) is 0. The summed E-state index contributed by atoms with van der Waals surface area (Å²) in [6.45, 7) is 0.413. The van der Waals surface area contributed by atoms with Crippen LogP contribution in [-0.2, 0) is 19.1 Å². The highest BCUT2D eigenvalue weighted by Crippen LogP contribution is 2.08. The van der Waals surface area contributed by atoms with E-state index in [0.717, 1.165) is 12.8 Å². The van der Waals surface area contributed by atoms with E-state index in [0.29, 0.717) is 23.9 Å². The van der Waals surface area contributed by atoms with Gasteiger partial charge in [-0.05, 0) is 25.7 Å². The number of carboxylic acids is 2. The second kappa shape index (κ2) is 13.1. The molecule has 1 N–H and O–H groups in total. The largest absolute Gasteiger partial charge is 0.550 e. The predicted molar refractivity (Wildman–Crippen MR) is 96.0 cm³/mol. The Bertz CT molecular complexity index is 505. The van der Waals surface area contributed by atoms with E-state index in [1.165, 1.54) is 0 Å². The van der Waals surface area contributed by atoms with Crippen LogP contribution in [0.2, 0.25) is 0 Å². The molecule has 0 aromatic heterocycles. The second-order valence-corrected chi connectivity index (χ2v) is 7.20. The van der Waals surface area contributed by atoms with E-state index in [4.69, 9.17) is 9.84 Å². The molecule has 0 aromatic carbocycles. The quantitative estimate of drug-likeness (QED) is 0.214. The topological polar surface area (TPSA) is 104 Å². The molecule has 0 fully saturated rings. The van der Waals surface area contributed by atoms with Gasteiger partial charge in [-0.3, -0.25) is 9.59 Å². The Hall–Kier alpha value is -2.15. The Morgan fingerprint density at radius 1 is 1.04 bits per heavy atom. The van der Waals surface area contributed by atoms with Crippen LogP contribution in [0, 0.1) is 0 Å². The Labute approximate surface area is 155 Å². The van der Waals surface area contributed by atoms with Crippen molar-refractivity contribution in [3.8, 4) is 0 Å². The van der Waals surface area contributed by atoms with Gasteiger partial charge in [0.2, 0.25) is 0 Å². The Morgan fingerprint density at radius 3 is 2.19 bits per heavy atom. The summed E-state index contributed by atoms with van der Waals surface area (Å²) < 4.78 is 5.77. The van der Waals surface area contributed by atoms with E-state index in [9.17, 15) is 19.5 Å². The molecule has 1 atom stereocenters. The zero-order chi connectivity index (χ0) is 20.0. The van der Waals surface area contributed by atoms with Gasteiger partial charge in [0.15, 0.2) is 6.10 Å². The number of nitrogens with zero attached hydrogens (tertiary/aromatic N) is 1. The Morgan fingerprint density at radius 2 is 1.65 bits per heavy atom. The number of aliphatic carboxylic acids is 2. The lowest BCUT2D eigenvalue weighted by Gasteiger charge is -2.29. The van der Waals surface area contributed by atoms with Crippen LogP contribution in [0.3, 0.4) is 0 Å². The first-order chi connectivity index (χ1) is 12.1. The number of unbranched alkanes of at least 4 members (excludes halogenated alkanes) is 2. The van der Waals surface area contributed by atoms with E-state index >= 15 is 0 Å². The molecule has 0 saturated carbocycles. The van der Waals surface area contributed by atoms with Gasteiger partial charge in [-0.25, -0.2) is 0 Å². The molecule has 0 aliphatic rings. The van der Waals surface area contributed by atoms with E-state index in [-0.39, 0.29) is 25.2 Å². The number of carbonyl (C=O) groups excluding carboxylic acids is 2. The van der Waals surface area contributed by atoms with Gasteiger partial charge in [0, 0.05) is 25.2 Å². The number of quaternary nitrogens is 1. The van der Waals surface area contributed by atoms with E-state index < -0.39 is 18.0 Å². The molecule has 0 bridgehead atoms. The van der Waals surface area contributed by atoms with E-state index in [2.05, 4.69) is 0 Å². The molecule has 0 aliphatic heterocycles. The third-order valence-electron chi connectivity index (χ3n) is 3.35. The zero-order valence-corrected chi connectivity index (χ0v) is 16.0. The number of hydrogen-bond donors (Lipinski definition) is 1. The summed E-state index contributed by atoms with van der Waals surface area (Å²) in [7, 11) is 5.70. The molecule has 0 spiro atoms. The molecule has 148 valence electrons. The Kier molecular flexibility index (Phi) is 12.0. The minimum atomic E-state index is -1.22. The molecule has 1 unspecified atom stereocenters. The lowest BCUT2D eigenvalue weighted by molar-refractivity contribution is -0.873. The SMILES string of the molecule is C[N+](C)(C)CC(CC(=O)[O-])OC(=O)CCCC/C=C/C=C/CCC(=O)O. The number of allylic oxidation sites excluding steroid dienone is 4. The molecule has 0 amide bonds. The first-order valence-electron chi connectivity index (χ1n) is 8.83. The maximum absolute atomic E-state index is 11.9. The summed E-state index contributed by atoms with van der Waals surface area (Å²) >= 11 is 0. The maximum Gasteiger partial charge on any atom is 0.306 e. The number of esters is 1. The van der Waals surface area contributed by atoms with Crippen molar-refractivity contribution in [3.63, 3.8) is 0 Å². The Balaban J connectivity index is 3.98. The summed E-state index contributed by atoms with van der Waals surface area (Å²) in [5, 5.41) is 19.3. The van der Waals surface area contributed by atoms with Crippen molar-refractivity contribution in [1.29, 1.82) is 0 Å². The van der Waals surface area contributed by atoms with Gasteiger partial charge in [-0.2, -0.15) is 0 Å². The molecule has 0 radical (unpaired) electrons. The first kappa shape index (κ1) is 23.9. The van der Waals surface area contributed by atoms with Crippen LogP contribution < -0.4 is 5.11 Å². The van der Waals surface area contributed by atoms with Crippen molar-refractivity contribution in [2.45, 2.75) is 51.0 Å². The van der Waals surface area contributed by atoms with Crippen LogP contribution in [-0.4, -0.2) is 61.3 Å². The third kappa shape index (κ3) is 16.7. The van der Waals surface area contributed by atoms with Gasteiger partial charge >= 0.3 is 11.9 Å². The molecule has 26 heavy (non-hydrogen) atoms. The fraction of sp³-hybridized carbons (Fsp3) is 0.632. The summed E-state index contributed by atoms with van der Waals surface area (Å²) in [5.74, 6) is -2.42. The molecular weight excluding hydrogens is 338 g/mol. The zero-order valence-electron chi connectivity index (χ0n) is 16.0. The fourth-order valence-corrected chi connectivity index (χ4v) is 2.27. The van der Waals surface area contributed by atoms with Gasteiger partial charge in [0.1, 0.15) is 6.54 Å². The smallest absolute Gasteiger partial charge is 0.306 e. The van der Waals surface area contributed by atoms with Gasteiger partial charge in [0.05, 0.1) is 21.1 Å². The summed E-state index contributed by atoms with van der Waals surface area (Å²) in [6, 6.07) is 0. The van der Waals surface area contributed by atoms with Crippen LogP contribution in [0.1, 0.15) is 44.9 Å². The lowest BCUT2D eigenvalue weighted by atomic mass is 10.1. The predicted octanol–water partition coefficient (Wildman–Crippen LogP) is 1.28. The molecule has 0 rings (SSSR count). The average molecular weight is 369 g/mol. The van der Waals surface area contributed by atoms with Crippen molar-refractivity contribution < 1.29 is 33.8 Å². The van der Waals surface area contributed by atoms with Crippen LogP contribution >= 0.6 is 0 Å². The normalized spacial score (nSPS) is 13.2. The minimum absolute atomic E-state index is 0.124. The van der Waals surface area contributed by atoms with Crippen LogP contribution in [0.15, 0.2) is 24.3 Å². The lowest BCUT2D eigenvalue weighted by Crippen LogP contribution is -2.45. The number of carbonyl (C=O) groups is 3. The number of hydrogen-bond acceptors (Lipinski definition) is 5. The van der Waals surface area contributed by atoms with Crippen LogP contribution in [0.25, 0.3) is 0 Å².